The number of hydrogen-bond acceptors (Lipinski definition) is 4. The molecule has 0 saturated carbocycles. The van der Waals surface area contributed by atoms with Gasteiger partial charge in [0.15, 0.2) is 0 Å². The monoisotopic (exact) mass is 206 g/mol. The first kappa shape index (κ1) is 10.4. The van der Waals surface area contributed by atoms with Crippen molar-refractivity contribution in [2.24, 2.45) is 0 Å². The lowest BCUT2D eigenvalue weighted by Gasteiger charge is -2.29. The summed E-state index contributed by atoms with van der Waals surface area (Å²) in [4.78, 5) is 2.36. The lowest BCUT2D eigenvalue weighted by molar-refractivity contribution is 0.263. The van der Waals surface area contributed by atoms with E-state index in [1.165, 1.54) is 12.8 Å². The Kier molecular flexibility index (Phi) is 3.16. The maximum atomic E-state index is 4.08. The predicted octanol–water partition coefficient (Wildman–Crippen LogP) is 1.29. The largest absolute Gasteiger partial charge is 0.366 e. The van der Waals surface area contributed by atoms with Gasteiger partial charge in [0, 0.05) is 6.04 Å². The molecule has 0 bridgehead atoms. The first-order chi connectivity index (χ1) is 7.24. The molecule has 1 saturated heterocycles. The van der Waals surface area contributed by atoms with E-state index in [2.05, 4.69) is 27.5 Å². The third-order valence-electron chi connectivity index (χ3n) is 2.86. The Morgan fingerprint density at radius 2 is 2.13 bits per heavy atom. The van der Waals surface area contributed by atoms with Crippen molar-refractivity contribution in [3.8, 4) is 0 Å². The Morgan fingerprint density at radius 1 is 1.40 bits per heavy atom. The van der Waals surface area contributed by atoms with Gasteiger partial charge in [-0.05, 0) is 51.5 Å². The van der Waals surface area contributed by atoms with Crippen molar-refractivity contribution in [3.63, 3.8) is 0 Å². The molecular weight excluding hydrogens is 188 g/mol. The number of aryl methyl sites for hydroxylation is 1. The van der Waals surface area contributed by atoms with E-state index < -0.39 is 0 Å². The lowest BCUT2D eigenvalue weighted by Crippen LogP contribution is -2.36. The fourth-order valence-electron chi connectivity index (χ4n) is 1.90. The van der Waals surface area contributed by atoms with Gasteiger partial charge in [-0.2, -0.15) is 5.10 Å². The summed E-state index contributed by atoms with van der Waals surface area (Å²) in [5, 5.41) is 11.5. The highest BCUT2D eigenvalue weighted by molar-refractivity contribution is 5.36. The summed E-state index contributed by atoms with van der Waals surface area (Å²) in [7, 11) is 2.17. The van der Waals surface area contributed by atoms with Crippen LogP contribution >= 0.6 is 0 Å². The van der Waals surface area contributed by atoms with Crippen molar-refractivity contribution in [2.75, 3.05) is 25.5 Å². The number of anilines is 1. The van der Waals surface area contributed by atoms with Crippen LogP contribution in [0.1, 0.15) is 18.4 Å². The number of aromatic nitrogens is 2. The predicted molar refractivity (Wildman–Crippen MR) is 60.9 cm³/mol. The zero-order valence-corrected chi connectivity index (χ0v) is 9.40. The van der Waals surface area contributed by atoms with Crippen LogP contribution in [0.3, 0.4) is 0 Å². The normalized spacial score (nSPS) is 19.1. The Labute approximate surface area is 90.7 Å². The van der Waals surface area contributed by atoms with Gasteiger partial charge in [-0.1, -0.05) is 0 Å². The summed E-state index contributed by atoms with van der Waals surface area (Å²) in [6.07, 6.45) is 4.15. The number of nitrogens with zero attached hydrogens (tertiary/aromatic N) is 3. The highest BCUT2D eigenvalue weighted by Gasteiger charge is 2.16. The van der Waals surface area contributed by atoms with Crippen molar-refractivity contribution in [1.82, 2.24) is 15.1 Å². The van der Waals surface area contributed by atoms with Gasteiger partial charge in [0.2, 0.25) is 0 Å². The van der Waals surface area contributed by atoms with Crippen LogP contribution in [0.5, 0.6) is 0 Å². The topological polar surface area (TPSA) is 41.1 Å². The van der Waals surface area contributed by atoms with Crippen molar-refractivity contribution >= 4 is 5.82 Å². The zero-order valence-electron chi connectivity index (χ0n) is 9.40. The quantitative estimate of drug-likeness (QED) is 0.791. The lowest BCUT2D eigenvalue weighted by atomic mass is 10.1. The molecule has 4 nitrogen and oxygen atoms in total. The van der Waals surface area contributed by atoms with Gasteiger partial charge in [0.1, 0.15) is 5.82 Å². The molecule has 82 valence electrons. The molecule has 1 aromatic rings. The fourth-order valence-corrected chi connectivity index (χ4v) is 1.90. The molecule has 0 aromatic carbocycles. The maximum absolute atomic E-state index is 4.08. The molecule has 1 aromatic heterocycles. The molecule has 0 aliphatic carbocycles. The summed E-state index contributed by atoms with van der Waals surface area (Å²) in [6, 6.07) is 2.60. The molecule has 0 unspecified atom stereocenters. The van der Waals surface area contributed by atoms with Gasteiger partial charge < -0.3 is 10.2 Å². The van der Waals surface area contributed by atoms with Crippen LogP contribution in [0.25, 0.3) is 0 Å². The van der Waals surface area contributed by atoms with Gasteiger partial charge in [0.05, 0.1) is 6.20 Å². The molecule has 2 heterocycles. The number of likely N-dealkylation sites (tertiary alicyclic amines) is 1. The smallest absolute Gasteiger partial charge is 0.149 e. The fraction of sp³-hybridized carbons (Fsp3) is 0.636. The first-order valence-electron chi connectivity index (χ1n) is 5.48. The van der Waals surface area contributed by atoms with Crippen LogP contribution in [0.15, 0.2) is 12.3 Å². The van der Waals surface area contributed by atoms with Crippen molar-refractivity contribution < 1.29 is 0 Å². The summed E-state index contributed by atoms with van der Waals surface area (Å²) in [6.45, 7) is 4.36. The van der Waals surface area contributed by atoms with E-state index in [9.17, 15) is 0 Å². The van der Waals surface area contributed by atoms with E-state index in [-0.39, 0.29) is 0 Å². The third-order valence-corrected chi connectivity index (χ3v) is 2.86. The molecular formula is C11H18N4. The Balaban J connectivity index is 1.92. The van der Waals surface area contributed by atoms with Crippen LogP contribution in [0.2, 0.25) is 0 Å². The van der Waals surface area contributed by atoms with Crippen molar-refractivity contribution in [3.05, 3.63) is 17.8 Å². The molecule has 0 atom stereocenters. The molecule has 1 N–H and O–H groups in total. The van der Waals surface area contributed by atoms with Crippen molar-refractivity contribution in [1.29, 1.82) is 0 Å². The molecule has 1 aliphatic rings. The van der Waals surface area contributed by atoms with E-state index in [1.807, 2.05) is 13.0 Å². The second-order valence-corrected chi connectivity index (χ2v) is 4.34. The van der Waals surface area contributed by atoms with Crippen LogP contribution in [0.4, 0.5) is 5.82 Å². The summed E-state index contributed by atoms with van der Waals surface area (Å²) in [5.41, 5.74) is 1.15. The minimum absolute atomic E-state index is 0.553. The average Bonchev–Trinajstić information content (AvgIpc) is 2.22. The zero-order chi connectivity index (χ0) is 10.7. The number of rotatable bonds is 2. The molecule has 1 fully saturated rings. The molecule has 15 heavy (non-hydrogen) atoms. The minimum Gasteiger partial charge on any atom is -0.366 e. The van der Waals surface area contributed by atoms with E-state index in [4.69, 9.17) is 0 Å². The second-order valence-electron chi connectivity index (χ2n) is 4.34. The Morgan fingerprint density at radius 3 is 2.80 bits per heavy atom. The van der Waals surface area contributed by atoms with Gasteiger partial charge in [0.25, 0.3) is 0 Å². The molecule has 0 amide bonds. The van der Waals surface area contributed by atoms with Crippen molar-refractivity contribution in [2.45, 2.75) is 25.8 Å². The SMILES string of the molecule is Cc1cnnc(NC2CCN(C)CC2)c1. The first-order valence-corrected chi connectivity index (χ1v) is 5.48. The summed E-state index contributed by atoms with van der Waals surface area (Å²) >= 11 is 0. The van der Waals surface area contributed by atoms with Crippen LogP contribution < -0.4 is 5.32 Å². The number of hydrogen-bond donors (Lipinski definition) is 1. The van der Waals surface area contributed by atoms with E-state index in [1.54, 1.807) is 6.20 Å². The van der Waals surface area contributed by atoms with Gasteiger partial charge in [-0.25, -0.2) is 0 Å². The number of nitrogens with one attached hydrogen (secondary N) is 1. The Bertz CT molecular complexity index is 318. The maximum Gasteiger partial charge on any atom is 0.149 e. The van der Waals surface area contributed by atoms with E-state index in [0.717, 1.165) is 24.5 Å². The highest BCUT2D eigenvalue weighted by atomic mass is 15.2. The van der Waals surface area contributed by atoms with Crippen LogP contribution in [-0.4, -0.2) is 41.3 Å². The molecule has 1 aliphatic heterocycles. The van der Waals surface area contributed by atoms with Crippen LogP contribution in [0, 0.1) is 6.92 Å². The van der Waals surface area contributed by atoms with E-state index in [0.29, 0.717) is 6.04 Å². The standard InChI is InChI=1S/C11H18N4/c1-9-7-11(14-12-8-9)13-10-3-5-15(2)6-4-10/h7-8,10H,3-6H2,1-2H3,(H,13,14). The molecule has 4 heteroatoms. The summed E-state index contributed by atoms with van der Waals surface area (Å²) in [5.74, 6) is 0.907. The second kappa shape index (κ2) is 4.57. The highest BCUT2D eigenvalue weighted by Crippen LogP contribution is 2.13. The minimum atomic E-state index is 0.553. The summed E-state index contributed by atoms with van der Waals surface area (Å²) < 4.78 is 0. The average molecular weight is 206 g/mol. The van der Waals surface area contributed by atoms with Gasteiger partial charge in [-0.15, -0.1) is 5.10 Å². The Hall–Kier alpha value is -1.16. The molecule has 0 radical (unpaired) electrons. The number of piperidine rings is 1. The molecule has 2 rings (SSSR count). The van der Waals surface area contributed by atoms with Gasteiger partial charge in [-0.3, -0.25) is 0 Å². The van der Waals surface area contributed by atoms with E-state index >= 15 is 0 Å². The van der Waals surface area contributed by atoms with Gasteiger partial charge >= 0.3 is 0 Å². The third kappa shape index (κ3) is 2.89. The molecule has 0 spiro atoms. The van der Waals surface area contributed by atoms with Crippen LogP contribution in [-0.2, 0) is 0 Å².